The molecule has 1 unspecified atom stereocenters. The summed E-state index contributed by atoms with van der Waals surface area (Å²) < 4.78 is 5.99. The van der Waals surface area contributed by atoms with E-state index in [4.69, 9.17) is 4.74 Å². The Labute approximate surface area is 166 Å². The molecule has 0 fully saturated rings. The van der Waals surface area contributed by atoms with Gasteiger partial charge in [0.15, 0.2) is 0 Å². The smallest absolute Gasteiger partial charge is 0.260 e. The molecule has 0 bridgehead atoms. The Morgan fingerprint density at radius 2 is 2.19 bits per heavy atom. The Kier molecular flexibility index (Phi) is 5.65. The minimum absolute atomic E-state index is 0.0104. The number of nitrogens with zero attached hydrogens (tertiary/aromatic N) is 2. The monoisotopic (exact) mass is 432 g/mol. The zero-order chi connectivity index (χ0) is 19.6. The van der Waals surface area contributed by atoms with Crippen LogP contribution in [-0.2, 0) is 4.79 Å². The van der Waals surface area contributed by atoms with Crippen LogP contribution in [0.25, 0.3) is 0 Å². The minimum Gasteiger partial charge on any atom is -0.497 e. The summed E-state index contributed by atoms with van der Waals surface area (Å²) in [5.41, 5.74) is 1.22. The summed E-state index contributed by atoms with van der Waals surface area (Å²) in [6.45, 7) is 3.69. The van der Waals surface area contributed by atoms with Gasteiger partial charge < -0.3 is 20.3 Å². The number of rotatable bonds is 5. The van der Waals surface area contributed by atoms with Gasteiger partial charge in [0, 0.05) is 16.7 Å². The maximum absolute atomic E-state index is 13.1. The number of nitrogens with one attached hydrogen (secondary N) is 2. The molecule has 1 aromatic heterocycles. The first-order chi connectivity index (χ1) is 12.9. The fourth-order valence-corrected chi connectivity index (χ4v) is 3.29. The van der Waals surface area contributed by atoms with E-state index in [1.54, 1.807) is 19.4 Å². The van der Waals surface area contributed by atoms with Crippen LogP contribution in [0.2, 0.25) is 0 Å². The van der Waals surface area contributed by atoms with Gasteiger partial charge in [-0.1, -0.05) is 12.1 Å². The maximum Gasteiger partial charge on any atom is 0.260 e. The molecule has 1 aliphatic heterocycles. The van der Waals surface area contributed by atoms with Crippen molar-refractivity contribution in [2.75, 3.05) is 19.0 Å². The molecule has 8 heteroatoms. The molecule has 1 atom stereocenters. The predicted octanol–water partition coefficient (Wildman–Crippen LogP) is 2.94. The normalized spacial score (nSPS) is 16.0. The molecule has 2 heterocycles. The van der Waals surface area contributed by atoms with Crippen LogP contribution >= 0.6 is 15.9 Å². The number of anilines is 1. The van der Waals surface area contributed by atoms with Gasteiger partial charge in [-0.05, 0) is 53.5 Å². The van der Waals surface area contributed by atoms with Crippen molar-refractivity contribution in [2.24, 2.45) is 0 Å². The summed E-state index contributed by atoms with van der Waals surface area (Å²) in [6.07, 6.45) is 1.09. The van der Waals surface area contributed by atoms with E-state index in [1.165, 1.54) is 4.90 Å². The lowest BCUT2D eigenvalue weighted by Crippen LogP contribution is -2.48. The number of pyridine rings is 1. The van der Waals surface area contributed by atoms with E-state index in [0.717, 1.165) is 5.56 Å². The molecule has 142 valence electrons. The molecule has 7 nitrogen and oxygen atoms in total. The van der Waals surface area contributed by atoms with Gasteiger partial charge in [-0.3, -0.25) is 9.59 Å². The predicted molar refractivity (Wildman–Crippen MR) is 106 cm³/mol. The molecule has 0 radical (unpaired) electrons. The molecular formula is C19H21BrN4O3. The van der Waals surface area contributed by atoms with Crippen LogP contribution in [0.3, 0.4) is 0 Å². The molecule has 2 aromatic rings. The molecule has 2 amide bonds. The van der Waals surface area contributed by atoms with Crippen LogP contribution in [0.1, 0.15) is 35.9 Å². The number of hydrogen-bond acceptors (Lipinski definition) is 5. The highest BCUT2D eigenvalue weighted by atomic mass is 79.9. The first kappa shape index (κ1) is 19.2. The second kappa shape index (κ2) is 7.96. The van der Waals surface area contributed by atoms with E-state index in [9.17, 15) is 9.59 Å². The highest BCUT2D eigenvalue weighted by Crippen LogP contribution is 2.33. The van der Waals surface area contributed by atoms with Gasteiger partial charge in [0.25, 0.3) is 5.91 Å². The Balaban J connectivity index is 2.00. The SMILES string of the molecule is COc1cccc(C2Nc3ncc(Br)cc3C(=O)N2CC(=O)NC(C)C)c1. The molecule has 27 heavy (non-hydrogen) atoms. The number of halogens is 1. The lowest BCUT2D eigenvalue weighted by Gasteiger charge is -2.37. The Morgan fingerprint density at radius 3 is 2.89 bits per heavy atom. The van der Waals surface area contributed by atoms with E-state index >= 15 is 0 Å². The molecule has 3 rings (SSSR count). The third-order valence-electron chi connectivity index (χ3n) is 4.10. The molecule has 0 aliphatic carbocycles. The third-order valence-corrected chi connectivity index (χ3v) is 4.54. The van der Waals surface area contributed by atoms with Crippen LogP contribution < -0.4 is 15.4 Å². The number of amides is 2. The summed E-state index contributed by atoms with van der Waals surface area (Å²) in [5.74, 6) is 0.670. The van der Waals surface area contributed by atoms with Gasteiger partial charge in [0.1, 0.15) is 24.3 Å². The summed E-state index contributed by atoms with van der Waals surface area (Å²) in [7, 11) is 1.58. The van der Waals surface area contributed by atoms with Crippen LogP contribution in [0.15, 0.2) is 41.0 Å². The summed E-state index contributed by atoms with van der Waals surface area (Å²) in [5, 5.41) is 6.10. The highest BCUT2D eigenvalue weighted by molar-refractivity contribution is 9.10. The van der Waals surface area contributed by atoms with Gasteiger partial charge in [0.2, 0.25) is 5.91 Å². The molecule has 1 aromatic carbocycles. The van der Waals surface area contributed by atoms with Crippen molar-refractivity contribution in [3.05, 3.63) is 52.1 Å². The number of carbonyl (C=O) groups is 2. The van der Waals surface area contributed by atoms with E-state index in [2.05, 4.69) is 31.5 Å². The van der Waals surface area contributed by atoms with Gasteiger partial charge in [-0.2, -0.15) is 0 Å². The van der Waals surface area contributed by atoms with Crippen molar-refractivity contribution in [1.29, 1.82) is 0 Å². The minimum atomic E-state index is -0.535. The van der Waals surface area contributed by atoms with Gasteiger partial charge in [0.05, 0.1) is 12.7 Å². The molecule has 1 aliphatic rings. The maximum atomic E-state index is 13.1. The second-order valence-corrected chi connectivity index (χ2v) is 7.44. The number of benzene rings is 1. The zero-order valence-electron chi connectivity index (χ0n) is 15.3. The van der Waals surface area contributed by atoms with E-state index in [0.29, 0.717) is 21.6 Å². The number of carbonyl (C=O) groups excluding carboxylic acids is 2. The van der Waals surface area contributed by atoms with Crippen molar-refractivity contribution in [1.82, 2.24) is 15.2 Å². The summed E-state index contributed by atoms with van der Waals surface area (Å²) in [6, 6.07) is 9.08. The lowest BCUT2D eigenvalue weighted by atomic mass is 10.1. The molecule has 0 spiro atoms. The average molecular weight is 433 g/mol. The number of methoxy groups -OCH3 is 1. The Morgan fingerprint density at radius 1 is 1.41 bits per heavy atom. The van der Waals surface area contributed by atoms with E-state index in [-0.39, 0.29) is 24.4 Å². The number of aromatic nitrogens is 1. The Bertz CT molecular complexity index is 872. The second-order valence-electron chi connectivity index (χ2n) is 6.53. The number of ether oxygens (including phenoxy) is 1. The van der Waals surface area contributed by atoms with Crippen molar-refractivity contribution in [2.45, 2.75) is 26.1 Å². The molecule has 2 N–H and O–H groups in total. The van der Waals surface area contributed by atoms with Crippen LogP contribution in [0.4, 0.5) is 5.82 Å². The topological polar surface area (TPSA) is 83.6 Å². The van der Waals surface area contributed by atoms with Gasteiger partial charge >= 0.3 is 0 Å². The fourth-order valence-electron chi connectivity index (χ4n) is 2.96. The quantitative estimate of drug-likeness (QED) is 0.758. The van der Waals surface area contributed by atoms with Crippen LogP contribution in [0, 0.1) is 0 Å². The van der Waals surface area contributed by atoms with Crippen LogP contribution in [-0.4, -0.2) is 41.4 Å². The van der Waals surface area contributed by atoms with Crippen molar-refractivity contribution in [3.63, 3.8) is 0 Å². The first-order valence-corrected chi connectivity index (χ1v) is 9.34. The first-order valence-electron chi connectivity index (χ1n) is 8.55. The van der Waals surface area contributed by atoms with E-state index in [1.807, 2.05) is 38.1 Å². The lowest BCUT2D eigenvalue weighted by molar-refractivity contribution is -0.122. The third kappa shape index (κ3) is 4.21. The molecular weight excluding hydrogens is 412 g/mol. The van der Waals surface area contributed by atoms with Gasteiger partial charge in [-0.25, -0.2) is 4.98 Å². The van der Waals surface area contributed by atoms with Crippen molar-refractivity contribution in [3.8, 4) is 5.75 Å². The standard InChI is InChI=1S/C19H21BrN4O3/c1-11(2)22-16(25)10-24-18(12-5-4-6-14(7-12)27-3)23-17-15(19(24)26)8-13(20)9-21-17/h4-9,11,18H,10H2,1-3H3,(H,21,23)(H,22,25). The molecule has 0 saturated carbocycles. The zero-order valence-corrected chi connectivity index (χ0v) is 16.9. The van der Waals surface area contributed by atoms with Gasteiger partial charge in [-0.15, -0.1) is 0 Å². The highest BCUT2D eigenvalue weighted by Gasteiger charge is 2.35. The van der Waals surface area contributed by atoms with Crippen molar-refractivity contribution < 1.29 is 14.3 Å². The van der Waals surface area contributed by atoms with Crippen molar-refractivity contribution >= 4 is 33.6 Å². The summed E-state index contributed by atoms with van der Waals surface area (Å²) in [4.78, 5) is 31.3. The summed E-state index contributed by atoms with van der Waals surface area (Å²) >= 11 is 3.34. The fraction of sp³-hybridized carbons (Fsp3) is 0.316. The number of fused-ring (bicyclic) bond motifs is 1. The largest absolute Gasteiger partial charge is 0.497 e. The number of hydrogen-bond donors (Lipinski definition) is 2. The average Bonchev–Trinajstić information content (AvgIpc) is 2.63. The van der Waals surface area contributed by atoms with E-state index < -0.39 is 6.17 Å². The molecule has 0 saturated heterocycles. The Hall–Kier alpha value is -2.61. The van der Waals surface area contributed by atoms with Crippen LogP contribution in [0.5, 0.6) is 5.75 Å².